The number of anilines is 1. The van der Waals surface area contributed by atoms with Gasteiger partial charge in [0.2, 0.25) is 0 Å². The van der Waals surface area contributed by atoms with Crippen molar-refractivity contribution < 1.29 is 9.13 Å². The molecule has 0 amide bonds. The van der Waals surface area contributed by atoms with Gasteiger partial charge in [0.05, 0.1) is 12.7 Å². The van der Waals surface area contributed by atoms with Crippen molar-refractivity contribution in [3.8, 4) is 0 Å². The lowest BCUT2D eigenvalue weighted by Crippen LogP contribution is -2.50. The molecule has 1 aliphatic carbocycles. The van der Waals surface area contributed by atoms with Crippen LogP contribution in [0.5, 0.6) is 0 Å². The molecule has 2 aliphatic rings. The van der Waals surface area contributed by atoms with E-state index >= 15 is 0 Å². The number of piperidine rings is 1. The van der Waals surface area contributed by atoms with E-state index in [2.05, 4.69) is 26.5 Å². The van der Waals surface area contributed by atoms with Crippen molar-refractivity contribution in [1.82, 2.24) is 15.5 Å². The van der Waals surface area contributed by atoms with Gasteiger partial charge in [-0.05, 0) is 74.9 Å². The van der Waals surface area contributed by atoms with E-state index in [1.165, 1.54) is 6.07 Å². The zero-order valence-corrected chi connectivity index (χ0v) is 17.1. The molecule has 5 nitrogen and oxygen atoms in total. The van der Waals surface area contributed by atoms with Crippen molar-refractivity contribution in [3.63, 3.8) is 0 Å². The van der Waals surface area contributed by atoms with Crippen molar-refractivity contribution >= 4 is 5.82 Å². The van der Waals surface area contributed by atoms with Gasteiger partial charge in [0.15, 0.2) is 5.82 Å². The molecule has 1 N–H and O–H groups in total. The van der Waals surface area contributed by atoms with Gasteiger partial charge in [-0.1, -0.05) is 12.1 Å². The molecule has 6 heteroatoms. The average Bonchev–Trinajstić information content (AvgIpc) is 2.78. The maximum atomic E-state index is 13.5. The van der Waals surface area contributed by atoms with E-state index in [0.29, 0.717) is 24.0 Å². The Kier molecular flexibility index (Phi) is 6.72. The number of benzene rings is 1. The van der Waals surface area contributed by atoms with Crippen molar-refractivity contribution in [3.05, 3.63) is 54.0 Å². The monoisotopic (exact) mass is 398 g/mol. The molecule has 1 saturated heterocycles. The molecule has 2 fully saturated rings. The number of nitrogens with zero attached hydrogens (tertiary/aromatic N) is 3. The maximum absolute atomic E-state index is 13.5. The van der Waals surface area contributed by atoms with Crippen LogP contribution in [0.3, 0.4) is 0 Å². The number of rotatable bonds is 6. The van der Waals surface area contributed by atoms with Crippen LogP contribution < -0.4 is 10.2 Å². The molecule has 1 aromatic carbocycles. The van der Waals surface area contributed by atoms with Crippen LogP contribution in [0.2, 0.25) is 0 Å². The molecule has 1 aliphatic heterocycles. The summed E-state index contributed by atoms with van der Waals surface area (Å²) in [6, 6.07) is 11.5. The van der Waals surface area contributed by atoms with Gasteiger partial charge in [0.25, 0.3) is 0 Å². The van der Waals surface area contributed by atoms with Crippen LogP contribution in [0.1, 0.15) is 43.6 Å². The van der Waals surface area contributed by atoms with Crippen LogP contribution in [0.25, 0.3) is 0 Å². The van der Waals surface area contributed by atoms with Crippen molar-refractivity contribution in [2.45, 2.75) is 50.2 Å². The van der Waals surface area contributed by atoms with Gasteiger partial charge < -0.3 is 15.0 Å². The summed E-state index contributed by atoms with van der Waals surface area (Å²) in [6.45, 7) is 2.68. The third kappa shape index (κ3) is 5.11. The van der Waals surface area contributed by atoms with E-state index in [9.17, 15) is 4.39 Å². The smallest absolute Gasteiger partial charge is 0.151 e. The SMILES string of the molecule is CN[C@H]1CCN(c2cccnn2)C[C@H]1CO[C@H]1CC[C@@H](c2cccc(F)c2)CC1. The fourth-order valence-electron chi connectivity index (χ4n) is 4.83. The quantitative estimate of drug-likeness (QED) is 0.803. The summed E-state index contributed by atoms with van der Waals surface area (Å²) in [5.74, 6) is 1.70. The van der Waals surface area contributed by atoms with Gasteiger partial charge in [-0.15, -0.1) is 5.10 Å². The number of aromatic nitrogens is 2. The normalized spacial score (nSPS) is 27.7. The summed E-state index contributed by atoms with van der Waals surface area (Å²) in [5, 5.41) is 11.8. The standard InChI is InChI=1S/C23H31FN4O/c1-25-22-11-13-28(23-6-3-12-26-27-23)15-19(22)16-29-21-9-7-17(8-10-21)18-4-2-5-20(24)14-18/h2-6,12,14,17,19,21-22,25H,7-11,13,15-16H2,1H3/t17-,19-,21+,22-/m0/s1. The molecule has 0 radical (unpaired) electrons. The summed E-state index contributed by atoms with van der Waals surface area (Å²) >= 11 is 0. The van der Waals surface area contributed by atoms with E-state index in [1.807, 2.05) is 25.2 Å². The van der Waals surface area contributed by atoms with Crippen LogP contribution in [0.15, 0.2) is 42.6 Å². The number of hydrogen-bond donors (Lipinski definition) is 1. The Hall–Kier alpha value is -2.05. The third-order valence-corrected chi connectivity index (χ3v) is 6.53. The van der Waals surface area contributed by atoms with Gasteiger partial charge in [-0.3, -0.25) is 0 Å². The molecular weight excluding hydrogens is 367 g/mol. The lowest BCUT2D eigenvalue weighted by Gasteiger charge is -2.39. The first-order valence-corrected chi connectivity index (χ1v) is 10.8. The average molecular weight is 399 g/mol. The minimum Gasteiger partial charge on any atom is -0.378 e. The second-order valence-electron chi connectivity index (χ2n) is 8.33. The molecule has 2 atom stereocenters. The van der Waals surface area contributed by atoms with Crippen LogP contribution in [-0.4, -0.2) is 49.1 Å². The fourth-order valence-corrected chi connectivity index (χ4v) is 4.83. The highest BCUT2D eigenvalue weighted by molar-refractivity contribution is 5.37. The Labute approximate surface area is 172 Å². The fraction of sp³-hybridized carbons (Fsp3) is 0.565. The Bertz CT molecular complexity index is 766. The topological polar surface area (TPSA) is 50.3 Å². The second kappa shape index (κ2) is 9.63. The summed E-state index contributed by atoms with van der Waals surface area (Å²) in [5.41, 5.74) is 1.13. The summed E-state index contributed by atoms with van der Waals surface area (Å²) in [7, 11) is 2.04. The number of halogens is 1. The number of nitrogens with one attached hydrogen (secondary N) is 1. The lowest BCUT2D eigenvalue weighted by atomic mass is 9.82. The number of ether oxygens (including phenoxy) is 1. The molecule has 4 rings (SSSR count). The molecule has 2 aromatic rings. The first-order chi connectivity index (χ1) is 14.2. The Morgan fingerprint density at radius 1 is 1.14 bits per heavy atom. The van der Waals surface area contributed by atoms with Crippen LogP contribution in [0.4, 0.5) is 10.2 Å². The van der Waals surface area contributed by atoms with E-state index in [0.717, 1.165) is 63.2 Å². The van der Waals surface area contributed by atoms with Crippen LogP contribution >= 0.6 is 0 Å². The Morgan fingerprint density at radius 2 is 2.00 bits per heavy atom. The second-order valence-corrected chi connectivity index (χ2v) is 8.33. The first-order valence-electron chi connectivity index (χ1n) is 10.8. The Morgan fingerprint density at radius 3 is 2.72 bits per heavy atom. The van der Waals surface area contributed by atoms with E-state index < -0.39 is 0 Å². The van der Waals surface area contributed by atoms with Gasteiger partial charge in [-0.25, -0.2) is 4.39 Å². The van der Waals surface area contributed by atoms with Crippen molar-refractivity contribution in [2.75, 3.05) is 31.6 Å². The minimum absolute atomic E-state index is 0.135. The van der Waals surface area contributed by atoms with Gasteiger partial charge in [0, 0.05) is 31.2 Å². The molecule has 0 spiro atoms. The van der Waals surface area contributed by atoms with Gasteiger partial charge in [0.1, 0.15) is 5.82 Å². The largest absolute Gasteiger partial charge is 0.378 e. The van der Waals surface area contributed by atoms with Crippen molar-refractivity contribution in [1.29, 1.82) is 0 Å². The van der Waals surface area contributed by atoms with Crippen LogP contribution in [-0.2, 0) is 4.74 Å². The maximum Gasteiger partial charge on any atom is 0.151 e. The highest BCUT2D eigenvalue weighted by atomic mass is 19.1. The Balaban J connectivity index is 1.28. The molecule has 29 heavy (non-hydrogen) atoms. The minimum atomic E-state index is -0.135. The zero-order chi connectivity index (χ0) is 20.1. The molecular formula is C23H31FN4O. The van der Waals surface area contributed by atoms with E-state index in [1.54, 1.807) is 12.3 Å². The molecule has 0 unspecified atom stereocenters. The lowest BCUT2D eigenvalue weighted by molar-refractivity contribution is -0.00327. The van der Waals surface area contributed by atoms with Gasteiger partial charge >= 0.3 is 0 Å². The molecule has 0 bridgehead atoms. The predicted molar refractivity (Wildman–Crippen MR) is 113 cm³/mol. The summed E-state index contributed by atoms with van der Waals surface area (Å²) < 4.78 is 19.9. The highest BCUT2D eigenvalue weighted by Crippen LogP contribution is 2.34. The van der Waals surface area contributed by atoms with Gasteiger partial charge in [-0.2, -0.15) is 5.10 Å². The summed E-state index contributed by atoms with van der Waals surface area (Å²) in [6.07, 6.45) is 7.33. The van der Waals surface area contributed by atoms with Crippen LogP contribution in [0, 0.1) is 11.7 Å². The molecule has 156 valence electrons. The number of hydrogen-bond acceptors (Lipinski definition) is 5. The first kappa shape index (κ1) is 20.2. The predicted octanol–water partition coefficient (Wildman–Crippen LogP) is 3.77. The zero-order valence-electron chi connectivity index (χ0n) is 17.1. The summed E-state index contributed by atoms with van der Waals surface area (Å²) in [4.78, 5) is 2.32. The molecule has 1 aromatic heterocycles. The molecule has 1 saturated carbocycles. The van der Waals surface area contributed by atoms with Crippen molar-refractivity contribution in [2.24, 2.45) is 5.92 Å². The third-order valence-electron chi connectivity index (χ3n) is 6.53. The van der Waals surface area contributed by atoms with E-state index in [-0.39, 0.29) is 5.82 Å². The highest BCUT2D eigenvalue weighted by Gasteiger charge is 2.31. The molecule has 2 heterocycles. The van der Waals surface area contributed by atoms with E-state index in [4.69, 9.17) is 4.74 Å².